The highest BCUT2D eigenvalue weighted by Crippen LogP contribution is 2.19. The van der Waals surface area contributed by atoms with Gasteiger partial charge in [0.25, 0.3) is 0 Å². The molecule has 20 heavy (non-hydrogen) atoms. The average Bonchev–Trinajstić information content (AvgIpc) is 2.48. The van der Waals surface area contributed by atoms with Crippen LogP contribution in [0.3, 0.4) is 0 Å². The van der Waals surface area contributed by atoms with Crippen molar-refractivity contribution in [3.05, 3.63) is 60.2 Å². The molecule has 0 saturated heterocycles. The Labute approximate surface area is 122 Å². The van der Waals surface area contributed by atoms with E-state index in [2.05, 4.69) is 78.9 Å². The number of rotatable bonds is 7. The Bertz CT molecular complexity index is 489. The third-order valence-electron chi connectivity index (χ3n) is 3.35. The van der Waals surface area contributed by atoms with Crippen LogP contribution >= 0.6 is 0 Å². The minimum absolute atomic E-state index is 0.947. The van der Waals surface area contributed by atoms with Crippen LogP contribution in [0, 0.1) is 0 Å². The molecule has 0 amide bonds. The van der Waals surface area contributed by atoms with E-state index in [0.29, 0.717) is 0 Å². The summed E-state index contributed by atoms with van der Waals surface area (Å²) in [5, 5.41) is 3.49. The van der Waals surface area contributed by atoms with Gasteiger partial charge in [-0.3, -0.25) is 0 Å². The molecule has 0 aliphatic carbocycles. The minimum atomic E-state index is 0.947. The Kier molecular flexibility index (Phi) is 5.78. The fourth-order valence-corrected chi connectivity index (χ4v) is 2.20. The topological polar surface area (TPSA) is 15.3 Å². The van der Waals surface area contributed by atoms with Crippen molar-refractivity contribution in [3.63, 3.8) is 0 Å². The highest BCUT2D eigenvalue weighted by molar-refractivity contribution is 5.63. The average molecular weight is 268 g/mol. The van der Waals surface area contributed by atoms with Crippen LogP contribution < -0.4 is 5.32 Å². The number of hydrogen-bond acceptors (Lipinski definition) is 2. The highest BCUT2D eigenvalue weighted by atomic mass is 15.0. The number of nitrogens with zero attached hydrogens (tertiary/aromatic N) is 1. The Hall–Kier alpha value is -1.64. The summed E-state index contributed by atoms with van der Waals surface area (Å²) in [5.41, 5.74) is 3.90. The lowest BCUT2D eigenvalue weighted by molar-refractivity contribution is 0.394. The molecule has 106 valence electrons. The monoisotopic (exact) mass is 268 g/mol. The summed E-state index contributed by atoms with van der Waals surface area (Å²) in [7, 11) is 4.23. The van der Waals surface area contributed by atoms with Crippen LogP contribution in [0.15, 0.2) is 54.6 Å². The smallest absolute Gasteiger partial charge is 0.0205 e. The SMILES string of the molecule is CN(C)CCCNCc1ccc(-c2ccccc2)cc1. The lowest BCUT2D eigenvalue weighted by atomic mass is 10.0. The normalized spacial score (nSPS) is 10.9. The number of hydrogen-bond donors (Lipinski definition) is 1. The first kappa shape index (κ1) is 14.8. The molecular formula is C18H24N2. The van der Waals surface area contributed by atoms with Gasteiger partial charge in [0, 0.05) is 6.54 Å². The molecule has 0 radical (unpaired) electrons. The van der Waals surface area contributed by atoms with Crippen molar-refractivity contribution in [2.45, 2.75) is 13.0 Å². The third-order valence-corrected chi connectivity index (χ3v) is 3.35. The summed E-state index contributed by atoms with van der Waals surface area (Å²) in [4.78, 5) is 2.22. The minimum Gasteiger partial charge on any atom is -0.313 e. The van der Waals surface area contributed by atoms with Crippen LogP contribution in [-0.2, 0) is 6.54 Å². The van der Waals surface area contributed by atoms with Gasteiger partial charge >= 0.3 is 0 Å². The van der Waals surface area contributed by atoms with E-state index >= 15 is 0 Å². The molecule has 2 nitrogen and oxygen atoms in total. The highest BCUT2D eigenvalue weighted by Gasteiger charge is 1.97. The van der Waals surface area contributed by atoms with Crippen LogP contribution in [-0.4, -0.2) is 32.1 Å². The van der Waals surface area contributed by atoms with Gasteiger partial charge in [0.05, 0.1) is 0 Å². The maximum absolute atomic E-state index is 3.49. The predicted octanol–water partition coefficient (Wildman–Crippen LogP) is 3.39. The van der Waals surface area contributed by atoms with Gasteiger partial charge in [-0.05, 0) is 50.3 Å². The lowest BCUT2D eigenvalue weighted by Gasteiger charge is -2.10. The lowest BCUT2D eigenvalue weighted by Crippen LogP contribution is -2.20. The van der Waals surface area contributed by atoms with E-state index in [0.717, 1.165) is 19.6 Å². The van der Waals surface area contributed by atoms with Gasteiger partial charge in [-0.15, -0.1) is 0 Å². The van der Waals surface area contributed by atoms with Crippen LogP contribution in [0.5, 0.6) is 0 Å². The Morgan fingerprint density at radius 3 is 2.15 bits per heavy atom. The second-order valence-electron chi connectivity index (χ2n) is 5.40. The third kappa shape index (κ3) is 4.80. The van der Waals surface area contributed by atoms with Gasteiger partial charge in [-0.25, -0.2) is 0 Å². The second kappa shape index (κ2) is 7.83. The van der Waals surface area contributed by atoms with Crippen molar-refractivity contribution in [1.82, 2.24) is 10.2 Å². The summed E-state index contributed by atoms with van der Waals surface area (Å²) < 4.78 is 0. The largest absolute Gasteiger partial charge is 0.313 e. The molecule has 2 aromatic rings. The standard InChI is InChI=1S/C18H24N2/c1-20(2)14-6-13-19-15-16-9-11-18(12-10-16)17-7-4-3-5-8-17/h3-5,7-12,19H,6,13-15H2,1-2H3. The van der Waals surface area contributed by atoms with Gasteiger partial charge in [0.1, 0.15) is 0 Å². The first-order valence-corrected chi connectivity index (χ1v) is 7.25. The molecule has 1 N–H and O–H groups in total. The van der Waals surface area contributed by atoms with Crippen molar-refractivity contribution in [2.75, 3.05) is 27.2 Å². The first-order chi connectivity index (χ1) is 9.75. The summed E-state index contributed by atoms with van der Waals surface area (Å²) in [6.07, 6.45) is 1.19. The van der Waals surface area contributed by atoms with Crippen LogP contribution in [0.4, 0.5) is 0 Å². The van der Waals surface area contributed by atoms with E-state index in [4.69, 9.17) is 0 Å². The second-order valence-corrected chi connectivity index (χ2v) is 5.40. The zero-order chi connectivity index (χ0) is 14.2. The van der Waals surface area contributed by atoms with E-state index in [-0.39, 0.29) is 0 Å². The number of nitrogens with one attached hydrogen (secondary N) is 1. The predicted molar refractivity (Wildman–Crippen MR) is 86.8 cm³/mol. The summed E-state index contributed by atoms with van der Waals surface area (Å²) in [6.45, 7) is 3.15. The van der Waals surface area contributed by atoms with Gasteiger partial charge in [0.2, 0.25) is 0 Å². The maximum Gasteiger partial charge on any atom is 0.0205 e. The van der Waals surface area contributed by atoms with Crippen molar-refractivity contribution in [3.8, 4) is 11.1 Å². The van der Waals surface area contributed by atoms with Gasteiger partial charge in [-0.2, -0.15) is 0 Å². The Balaban J connectivity index is 1.80. The first-order valence-electron chi connectivity index (χ1n) is 7.25. The van der Waals surface area contributed by atoms with Crippen molar-refractivity contribution < 1.29 is 0 Å². The molecule has 0 spiro atoms. The molecule has 0 aromatic heterocycles. The fraction of sp³-hybridized carbons (Fsp3) is 0.333. The van der Waals surface area contributed by atoms with Gasteiger partial charge in [0.15, 0.2) is 0 Å². The summed E-state index contributed by atoms with van der Waals surface area (Å²) in [6, 6.07) is 19.3. The van der Waals surface area contributed by atoms with E-state index in [1.165, 1.54) is 23.1 Å². The van der Waals surface area contributed by atoms with E-state index in [9.17, 15) is 0 Å². The van der Waals surface area contributed by atoms with Gasteiger partial charge < -0.3 is 10.2 Å². The zero-order valence-corrected chi connectivity index (χ0v) is 12.5. The molecule has 0 bridgehead atoms. The zero-order valence-electron chi connectivity index (χ0n) is 12.5. The van der Waals surface area contributed by atoms with E-state index in [1.807, 2.05) is 0 Å². The molecule has 0 fully saturated rings. The molecular weight excluding hydrogens is 244 g/mol. The quantitative estimate of drug-likeness (QED) is 0.774. The van der Waals surface area contributed by atoms with Crippen LogP contribution in [0.1, 0.15) is 12.0 Å². The molecule has 0 unspecified atom stereocenters. The number of benzene rings is 2. The van der Waals surface area contributed by atoms with Crippen molar-refractivity contribution in [1.29, 1.82) is 0 Å². The molecule has 2 rings (SSSR count). The summed E-state index contributed by atoms with van der Waals surface area (Å²) in [5.74, 6) is 0. The van der Waals surface area contributed by atoms with Crippen molar-refractivity contribution in [2.24, 2.45) is 0 Å². The van der Waals surface area contributed by atoms with Gasteiger partial charge in [-0.1, -0.05) is 54.6 Å². The molecule has 0 atom stereocenters. The molecule has 2 aromatic carbocycles. The summed E-state index contributed by atoms with van der Waals surface area (Å²) >= 11 is 0. The Morgan fingerprint density at radius 1 is 0.850 bits per heavy atom. The van der Waals surface area contributed by atoms with Crippen LogP contribution in [0.25, 0.3) is 11.1 Å². The van der Waals surface area contributed by atoms with E-state index < -0.39 is 0 Å². The molecule has 0 aliphatic heterocycles. The van der Waals surface area contributed by atoms with Crippen molar-refractivity contribution >= 4 is 0 Å². The van der Waals surface area contributed by atoms with E-state index in [1.54, 1.807) is 0 Å². The van der Waals surface area contributed by atoms with Crippen LogP contribution in [0.2, 0.25) is 0 Å². The molecule has 0 heterocycles. The Morgan fingerprint density at radius 2 is 1.50 bits per heavy atom. The molecule has 2 heteroatoms. The maximum atomic E-state index is 3.49. The molecule has 0 saturated carbocycles. The molecule has 0 aliphatic rings. The fourth-order valence-electron chi connectivity index (χ4n) is 2.20.